The molecule has 0 aliphatic carbocycles. The van der Waals surface area contributed by atoms with Crippen molar-refractivity contribution in [3.05, 3.63) is 101 Å². The van der Waals surface area contributed by atoms with Crippen LogP contribution in [0.3, 0.4) is 0 Å². The molecular weight excluding hydrogens is 533 g/mol. The molecule has 7 nitrogen and oxygen atoms in total. The Hall–Kier alpha value is -2.74. The number of ether oxygens (including phenoxy) is 3. The first-order valence-electron chi connectivity index (χ1n) is 12.3. The van der Waals surface area contributed by atoms with Crippen molar-refractivity contribution < 1.29 is 19.0 Å². The Labute approximate surface area is 229 Å². The Bertz CT molecular complexity index is 1080. The van der Waals surface area contributed by atoms with Crippen molar-refractivity contribution in [3.8, 4) is 0 Å². The molecular formula is C29H41N3O4Se. The number of imidazole rings is 1. The van der Waals surface area contributed by atoms with Gasteiger partial charge in [0.25, 0.3) is 0 Å². The molecule has 0 fully saturated rings. The first kappa shape index (κ1) is 32.3. The van der Waals surface area contributed by atoms with Gasteiger partial charge in [0.2, 0.25) is 0 Å². The molecule has 3 rings (SSSR count). The number of hydrogen-bond acceptors (Lipinski definition) is 5. The van der Waals surface area contributed by atoms with Crippen molar-refractivity contribution >= 4 is 21.5 Å². The van der Waals surface area contributed by atoms with Gasteiger partial charge in [0, 0.05) is 0 Å². The van der Waals surface area contributed by atoms with E-state index in [1.165, 1.54) is 7.11 Å². The number of aromatic nitrogens is 2. The Morgan fingerprint density at radius 1 is 0.919 bits per heavy atom. The van der Waals surface area contributed by atoms with Crippen LogP contribution in [0, 0.1) is 4.32 Å². The molecule has 1 unspecified atom stereocenters. The van der Waals surface area contributed by atoms with Crippen molar-refractivity contribution in [1.29, 1.82) is 0 Å². The van der Waals surface area contributed by atoms with E-state index in [1.54, 1.807) is 0 Å². The van der Waals surface area contributed by atoms with Gasteiger partial charge in [0.05, 0.1) is 0 Å². The fourth-order valence-electron chi connectivity index (χ4n) is 3.45. The average Bonchev–Trinajstić information content (AvgIpc) is 3.24. The number of methoxy groups -OCH3 is 1. The molecule has 0 saturated carbocycles. The molecule has 0 spiro atoms. The monoisotopic (exact) mass is 575 g/mol. The van der Waals surface area contributed by atoms with E-state index in [1.807, 2.05) is 109 Å². The van der Waals surface area contributed by atoms with E-state index < -0.39 is 6.04 Å². The predicted octanol–water partition coefficient (Wildman–Crippen LogP) is 4.81. The molecule has 0 saturated heterocycles. The number of rotatable bonds is 12. The van der Waals surface area contributed by atoms with Crippen molar-refractivity contribution in [2.75, 3.05) is 21.2 Å². The second-order valence-corrected chi connectivity index (χ2v) is 8.70. The molecule has 0 aliphatic heterocycles. The van der Waals surface area contributed by atoms with Gasteiger partial charge >= 0.3 is 203 Å². The Morgan fingerprint density at radius 2 is 1.41 bits per heavy atom. The maximum atomic E-state index is 12.3. The van der Waals surface area contributed by atoms with E-state index in [0.29, 0.717) is 33.1 Å². The van der Waals surface area contributed by atoms with Crippen LogP contribution in [0.2, 0.25) is 0 Å². The van der Waals surface area contributed by atoms with Crippen LogP contribution in [0.1, 0.15) is 30.7 Å². The van der Waals surface area contributed by atoms with E-state index in [9.17, 15) is 4.79 Å². The van der Waals surface area contributed by atoms with Crippen molar-refractivity contribution in [3.63, 3.8) is 0 Å². The molecule has 0 amide bonds. The quantitative estimate of drug-likeness (QED) is 0.177. The van der Waals surface area contributed by atoms with Gasteiger partial charge in [-0.05, 0) is 0 Å². The summed E-state index contributed by atoms with van der Waals surface area (Å²) < 4.78 is 21.9. The molecule has 1 atom stereocenters. The Morgan fingerprint density at radius 3 is 1.86 bits per heavy atom. The molecule has 3 aromatic rings. The fourth-order valence-corrected chi connectivity index (χ4v) is 4.03. The van der Waals surface area contributed by atoms with Crippen molar-refractivity contribution in [1.82, 2.24) is 14.0 Å². The van der Waals surface area contributed by atoms with Crippen molar-refractivity contribution in [2.24, 2.45) is 0 Å². The molecule has 1 aromatic heterocycles. The van der Waals surface area contributed by atoms with Crippen LogP contribution in [-0.2, 0) is 52.1 Å². The van der Waals surface area contributed by atoms with E-state index >= 15 is 0 Å². The maximum absolute atomic E-state index is 12.3. The fraction of sp³-hybridized carbons (Fsp3) is 0.379. The molecule has 0 N–H and O–H groups in total. The first-order valence-corrected chi connectivity index (χ1v) is 13.1. The molecule has 8 heteroatoms. The van der Waals surface area contributed by atoms with E-state index in [0.717, 1.165) is 21.1 Å². The van der Waals surface area contributed by atoms with Gasteiger partial charge in [-0.1, -0.05) is 13.8 Å². The summed E-state index contributed by atoms with van der Waals surface area (Å²) in [6.45, 7) is 11.7. The number of carbonyl (C=O) groups excluding carboxylic acids is 1. The van der Waals surface area contributed by atoms with Gasteiger partial charge in [-0.25, -0.2) is 0 Å². The van der Waals surface area contributed by atoms with Crippen LogP contribution in [-0.4, -0.2) is 62.8 Å². The van der Waals surface area contributed by atoms with Gasteiger partial charge in [-0.3, -0.25) is 0 Å². The van der Waals surface area contributed by atoms with Crippen LogP contribution >= 0.6 is 0 Å². The first-order chi connectivity index (χ1) is 18.0. The standard InChI is InChI=1S/C25H31N3O4Se.C2H6.C2H4/c1-26(2)23(24(29)30-3)14-22-15-27(18-31-16-20-10-6-4-7-11-20)25(33)28(22)19-32-17-21-12-8-5-9-13-21;2*1-2/h4-13,15,23H,14,16-19H2,1-3H3;1-2H3;1-2H2. The molecule has 0 radical (unpaired) electrons. The van der Waals surface area contributed by atoms with Crippen LogP contribution in [0.15, 0.2) is 80.0 Å². The number of carbonyl (C=O) groups is 1. The third-order valence-electron chi connectivity index (χ3n) is 5.30. The molecule has 1 heterocycles. The van der Waals surface area contributed by atoms with E-state index in [-0.39, 0.29) is 5.97 Å². The van der Waals surface area contributed by atoms with Gasteiger partial charge < -0.3 is 0 Å². The Kier molecular flexibility index (Phi) is 16.1. The SMILES string of the molecule is C=C.CC.COC(=O)C(Cc1cn(COCc2ccccc2)c(=[Se])n1COCc1ccccc1)N(C)C. The van der Waals surface area contributed by atoms with Crippen LogP contribution in [0.25, 0.3) is 0 Å². The van der Waals surface area contributed by atoms with E-state index in [2.05, 4.69) is 28.7 Å². The topological polar surface area (TPSA) is 57.9 Å². The number of hydrogen-bond donors (Lipinski definition) is 0. The molecule has 37 heavy (non-hydrogen) atoms. The molecule has 0 aliphatic rings. The second kappa shape index (κ2) is 18.5. The minimum atomic E-state index is -0.407. The summed E-state index contributed by atoms with van der Waals surface area (Å²) in [4.78, 5) is 14.2. The minimum absolute atomic E-state index is 0.272. The summed E-state index contributed by atoms with van der Waals surface area (Å²) in [5.74, 6) is -0.272. The summed E-state index contributed by atoms with van der Waals surface area (Å²) in [6.07, 6.45) is 2.48. The molecule has 0 bridgehead atoms. The zero-order valence-corrected chi connectivity index (χ0v) is 24.5. The summed E-state index contributed by atoms with van der Waals surface area (Å²) in [5, 5.41) is 0. The molecule has 202 valence electrons. The van der Waals surface area contributed by atoms with Gasteiger partial charge in [0.1, 0.15) is 0 Å². The summed E-state index contributed by atoms with van der Waals surface area (Å²) in [7, 11) is 5.16. The number of likely N-dealkylation sites (N-methyl/N-ethyl adjacent to an activating group) is 1. The van der Waals surface area contributed by atoms with Crippen molar-refractivity contribution in [2.45, 2.75) is 53.0 Å². The third kappa shape index (κ3) is 10.6. The average molecular weight is 575 g/mol. The summed E-state index contributed by atoms with van der Waals surface area (Å²) in [6, 6.07) is 19.7. The third-order valence-corrected chi connectivity index (χ3v) is 6.26. The Balaban J connectivity index is 0.00000163. The summed E-state index contributed by atoms with van der Waals surface area (Å²) >= 11 is 3.14. The zero-order valence-electron chi connectivity index (χ0n) is 22.8. The van der Waals surface area contributed by atoms with Gasteiger partial charge in [-0.15, -0.1) is 13.2 Å². The van der Waals surface area contributed by atoms with Gasteiger partial charge in [-0.2, -0.15) is 0 Å². The second-order valence-electron chi connectivity index (χ2n) is 7.93. The normalized spacial score (nSPS) is 11.1. The van der Waals surface area contributed by atoms with Crippen LogP contribution < -0.4 is 0 Å². The van der Waals surface area contributed by atoms with Gasteiger partial charge in [0.15, 0.2) is 0 Å². The summed E-state index contributed by atoms with van der Waals surface area (Å²) in [5.41, 5.74) is 3.17. The van der Waals surface area contributed by atoms with Crippen LogP contribution in [0.5, 0.6) is 0 Å². The number of nitrogens with zero attached hydrogens (tertiary/aromatic N) is 3. The molecule has 2 aromatic carbocycles. The zero-order chi connectivity index (χ0) is 27.6. The predicted molar refractivity (Wildman–Crippen MR) is 150 cm³/mol. The number of esters is 1. The van der Waals surface area contributed by atoms with E-state index in [4.69, 9.17) is 14.2 Å². The van der Waals surface area contributed by atoms with Crippen LogP contribution in [0.4, 0.5) is 0 Å². The number of benzene rings is 2.